The average Bonchev–Trinajstić information content (AvgIpc) is 2.04. The highest BCUT2D eigenvalue weighted by molar-refractivity contribution is 9.10. The second-order valence-electron chi connectivity index (χ2n) is 2.89. The first-order valence-electron chi connectivity index (χ1n) is 4.05. The van der Waals surface area contributed by atoms with E-state index in [0.717, 1.165) is 15.6 Å². The van der Waals surface area contributed by atoms with Crippen molar-refractivity contribution in [3.8, 4) is 0 Å². The van der Waals surface area contributed by atoms with Crippen LogP contribution in [0.2, 0.25) is 0 Å². The largest absolute Gasteiger partial charge is 0.388 e. The van der Waals surface area contributed by atoms with Gasteiger partial charge in [-0.15, -0.1) is 6.58 Å². The fourth-order valence-corrected chi connectivity index (χ4v) is 1.93. The molecule has 1 heterocycles. The van der Waals surface area contributed by atoms with Crippen molar-refractivity contribution >= 4 is 15.9 Å². The van der Waals surface area contributed by atoms with Crippen LogP contribution in [0.1, 0.15) is 23.7 Å². The third-order valence-electron chi connectivity index (χ3n) is 1.86. The third-order valence-corrected chi connectivity index (χ3v) is 2.49. The van der Waals surface area contributed by atoms with E-state index in [1.54, 1.807) is 18.5 Å². The lowest BCUT2D eigenvalue weighted by molar-refractivity contribution is 0.180. The summed E-state index contributed by atoms with van der Waals surface area (Å²) >= 11 is 3.36. The minimum atomic E-state index is -0.491. The molecule has 0 spiro atoms. The molecule has 1 N–H and O–H groups in total. The van der Waals surface area contributed by atoms with Gasteiger partial charge in [-0.2, -0.15) is 0 Å². The highest BCUT2D eigenvalue weighted by Gasteiger charge is 2.12. The van der Waals surface area contributed by atoms with Crippen molar-refractivity contribution in [3.63, 3.8) is 0 Å². The molecule has 0 aliphatic heterocycles. The summed E-state index contributed by atoms with van der Waals surface area (Å²) in [6.07, 6.45) is 5.21. The summed E-state index contributed by atoms with van der Waals surface area (Å²) in [5.74, 6) is 0. The highest BCUT2D eigenvalue weighted by Crippen LogP contribution is 2.27. The molecule has 3 heteroatoms. The van der Waals surface area contributed by atoms with Gasteiger partial charge in [-0.3, -0.25) is 4.98 Å². The fourth-order valence-electron chi connectivity index (χ4n) is 1.24. The Balaban J connectivity index is 3.04. The molecule has 0 aliphatic carbocycles. The monoisotopic (exact) mass is 241 g/mol. The molecule has 1 rings (SSSR count). The van der Waals surface area contributed by atoms with Gasteiger partial charge in [0.25, 0.3) is 0 Å². The number of rotatable bonds is 3. The Morgan fingerprint density at radius 3 is 2.92 bits per heavy atom. The van der Waals surface area contributed by atoms with Crippen molar-refractivity contribution in [2.75, 3.05) is 0 Å². The maximum absolute atomic E-state index is 9.75. The van der Waals surface area contributed by atoms with Gasteiger partial charge in [-0.25, -0.2) is 0 Å². The van der Waals surface area contributed by atoms with Crippen molar-refractivity contribution in [2.24, 2.45) is 0 Å². The minimum Gasteiger partial charge on any atom is -0.388 e. The topological polar surface area (TPSA) is 33.1 Å². The van der Waals surface area contributed by atoms with E-state index in [1.165, 1.54) is 0 Å². The number of aryl methyl sites for hydroxylation is 1. The van der Waals surface area contributed by atoms with Crippen molar-refractivity contribution in [1.29, 1.82) is 0 Å². The van der Waals surface area contributed by atoms with Gasteiger partial charge in [0.15, 0.2) is 0 Å². The zero-order chi connectivity index (χ0) is 9.84. The summed E-state index contributed by atoms with van der Waals surface area (Å²) in [7, 11) is 0. The van der Waals surface area contributed by atoms with Crippen LogP contribution in [-0.2, 0) is 0 Å². The average molecular weight is 242 g/mol. The van der Waals surface area contributed by atoms with Gasteiger partial charge in [-0.05, 0) is 34.8 Å². The Hall–Kier alpha value is -0.670. The first-order valence-corrected chi connectivity index (χ1v) is 4.85. The van der Waals surface area contributed by atoms with Gasteiger partial charge in [-0.1, -0.05) is 6.08 Å². The smallest absolute Gasteiger partial charge is 0.0838 e. The van der Waals surface area contributed by atoms with Gasteiger partial charge in [0.1, 0.15) is 0 Å². The molecule has 0 radical (unpaired) electrons. The van der Waals surface area contributed by atoms with Crippen LogP contribution in [0.3, 0.4) is 0 Å². The van der Waals surface area contributed by atoms with Crippen LogP contribution >= 0.6 is 15.9 Å². The van der Waals surface area contributed by atoms with Crippen molar-refractivity contribution in [3.05, 3.63) is 40.6 Å². The normalized spacial score (nSPS) is 12.5. The number of aliphatic hydroxyl groups excluding tert-OH is 1. The molecular formula is C10H12BrNO. The zero-order valence-corrected chi connectivity index (χ0v) is 9.08. The van der Waals surface area contributed by atoms with Crippen LogP contribution in [0.15, 0.2) is 29.5 Å². The molecule has 0 aliphatic rings. The summed E-state index contributed by atoms with van der Waals surface area (Å²) in [4.78, 5) is 4.00. The summed E-state index contributed by atoms with van der Waals surface area (Å²) in [5, 5.41) is 9.75. The van der Waals surface area contributed by atoms with Crippen LogP contribution in [0.25, 0.3) is 0 Å². The molecule has 0 aromatic carbocycles. The van der Waals surface area contributed by atoms with Gasteiger partial charge >= 0.3 is 0 Å². The predicted octanol–water partition coefficient (Wildman–Crippen LogP) is 2.76. The molecule has 70 valence electrons. The van der Waals surface area contributed by atoms with Crippen LogP contribution in [-0.4, -0.2) is 10.1 Å². The molecule has 13 heavy (non-hydrogen) atoms. The third kappa shape index (κ3) is 2.39. The molecule has 1 unspecified atom stereocenters. The number of aliphatic hydroxyl groups is 1. The maximum Gasteiger partial charge on any atom is 0.0838 e. The Morgan fingerprint density at radius 1 is 1.69 bits per heavy atom. The van der Waals surface area contributed by atoms with Crippen LogP contribution < -0.4 is 0 Å². The number of pyridine rings is 1. The zero-order valence-electron chi connectivity index (χ0n) is 7.50. The van der Waals surface area contributed by atoms with Gasteiger partial charge in [0.2, 0.25) is 0 Å². The number of nitrogens with zero attached hydrogens (tertiary/aromatic N) is 1. The fraction of sp³-hybridized carbons (Fsp3) is 0.300. The molecule has 1 aromatic rings. The lowest BCUT2D eigenvalue weighted by Gasteiger charge is -2.12. The predicted molar refractivity (Wildman–Crippen MR) is 56.4 cm³/mol. The molecule has 0 saturated carbocycles. The molecule has 0 saturated heterocycles. The van der Waals surface area contributed by atoms with Crippen molar-refractivity contribution in [2.45, 2.75) is 19.4 Å². The summed E-state index contributed by atoms with van der Waals surface area (Å²) in [6.45, 7) is 5.52. The van der Waals surface area contributed by atoms with E-state index in [4.69, 9.17) is 0 Å². The number of hydrogen-bond acceptors (Lipinski definition) is 2. The van der Waals surface area contributed by atoms with E-state index in [2.05, 4.69) is 27.5 Å². The van der Waals surface area contributed by atoms with Crippen molar-refractivity contribution < 1.29 is 5.11 Å². The lowest BCUT2D eigenvalue weighted by atomic mass is 10.0. The number of halogens is 1. The molecule has 0 fully saturated rings. The second-order valence-corrected chi connectivity index (χ2v) is 3.75. The summed E-state index contributed by atoms with van der Waals surface area (Å²) in [5.41, 5.74) is 1.89. The number of hydrogen-bond donors (Lipinski definition) is 1. The Kier molecular flexibility index (Phi) is 3.63. The van der Waals surface area contributed by atoms with E-state index in [-0.39, 0.29) is 0 Å². The van der Waals surface area contributed by atoms with Crippen LogP contribution in [0.4, 0.5) is 0 Å². The van der Waals surface area contributed by atoms with E-state index in [9.17, 15) is 5.11 Å². The number of aromatic nitrogens is 1. The van der Waals surface area contributed by atoms with E-state index < -0.39 is 6.10 Å². The molecule has 1 aromatic heterocycles. The van der Waals surface area contributed by atoms with Crippen LogP contribution in [0, 0.1) is 6.92 Å². The van der Waals surface area contributed by atoms with E-state index >= 15 is 0 Å². The maximum atomic E-state index is 9.75. The first kappa shape index (κ1) is 10.4. The molecule has 0 amide bonds. The van der Waals surface area contributed by atoms with Gasteiger partial charge < -0.3 is 5.11 Å². The lowest BCUT2D eigenvalue weighted by Crippen LogP contribution is -2.00. The summed E-state index contributed by atoms with van der Waals surface area (Å²) < 4.78 is 0.849. The Morgan fingerprint density at radius 2 is 2.38 bits per heavy atom. The molecule has 2 nitrogen and oxygen atoms in total. The molecule has 0 bridgehead atoms. The first-order chi connectivity index (χ1) is 6.16. The molecular weight excluding hydrogens is 230 g/mol. The van der Waals surface area contributed by atoms with E-state index in [1.807, 2.05) is 6.92 Å². The van der Waals surface area contributed by atoms with E-state index in [0.29, 0.717) is 6.42 Å². The molecule has 1 atom stereocenters. The standard InChI is InChI=1S/C10H12BrNO/c1-3-4-9(13)10-7(2)5-12-6-8(10)11/h3,5-6,9,13H,1,4H2,2H3. The SMILES string of the molecule is C=CCC(O)c1c(C)cncc1Br. The van der Waals surface area contributed by atoms with Gasteiger partial charge in [0, 0.05) is 22.4 Å². The second kappa shape index (κ2) is 4.53. The quantitative estimate of drug-likeness (QED) is 0.826. The highest BCUT2D eigenvalue weighted by atomic mass is 79.9. The Bertz CT molecular complexity index is 292. The van der Waals surface area contributed by atoms with Gasteiger partial charge in [0.05, 0.1) is 6.10 Å². The minimum absolute atomic E-state index is 0.491. The summed E-state index contributed by atoms with van der Waals surface area (Å²) in [6, 6.07) is 0. The van der Waals surface area contributed by atoms with Crippen molar-refractivity contribution in [1.82, 2.24) is 4.98 Å². The van der Waals surface area contributed by atoms with Crippen LogP contribution in [0.5, 0.6) is 0 Å². The Labute approximate surface area is 86.4 Å².